The largest absolute Gasteiger partial charge is 0.494 e. The first kappa shape index (κ1) is 18.3. The SMILES string of the molecule is COc1ccc(C)c2sc(NC(=O)c3cc4c(ccc5ccccc54)oc3=O)nc12. The highest BCUT2D eigenvalue weighted by molar-refractivity contribution is 7.22. The molecule has 0 unspecified atom stereocenters. The van der Waals surface area contributed by atoms with Gasteiger partial charge in [0.15, 0.2) is 5.13 Å². The molecule has 5 aromatic rings. The molecule has 0 aliphatic heterocycles. The van der Waals surface area contributed by atoms with Crippen LogP contribution in [0.25, 0.3) is 32.0 Å². The Morgan fingerprint density at radius 1 is 1.10 bits per heavy atom. The van der Waals surface area contributed by atoms with E-state index < -0.39 is 11.5 Å². The van der Waals surface area contributed by atoms with Gasteiger partial charge in [-0.1, -0.05) is 47.7 Å². The molecule has 2 aromatic heterocycles. The van der Waals surface area contributed by atoms with Crippen LogP contribution in [0.5, 0.6) is 5.75 Å². The molecule has 5 rings (SSSR count). The number of amides is 1. The fourth-order valence-corrected chi connectivity index (χ4v) is 4.47. The number of nitrogens with zero attached hydrogens (tertiary/aromatic N) is 1. The lowest BCUT2D eigenvalue weighted by Crippen LogP contribution is -2.20. The summed E-state index contributed by atoms with van der Waals surface area (Å²) in [6.45, 7) is 1.97. The molecule has 1 N–H and O–H groups in total. The number of hydrogen-bond donors (Lipinski definition) is 1. The van der Waals surface area contributed by atoms with Crippen LogP contribution in [0, 0.1) is 6.92 Å². The number of anilines is 1. The number of methoxy groups -OCH3 is 1. The number of carbonyl (C=O) groups excluding carboxylic acids is 1. The standard InChI is InChI=1S/C23H16N2O4S/c1-12-7-9-18(28-2)19-20(12)30-23(24-19)25-21(26)16-11-15-14-6-4-3-5-13(14)8-10-17(15)29-22(16)27/h3-11H,1-2H3,(H,24,25,26). The number of nitrogens with one attached hydrogen (secondary N) is 1. The van der Waals surface area contributed by atoms with Crippen LogP contribution in [0.15, 0.2) is 63.8 Å². The van der Waals surface area contributed by atoms with Gasteiger partial charge in [0.05, 0.1) is 11.8 Å². The number of ether oxygens (including phenoxy) is 1. The number of aryl methyl sites for hydroxylation is 1. The Kier molecular flexibility index (Phi) is 4.25. The fraction of sp³-hybridized carbons (Fsp3) is 0.0870. The summed E-state index contributed by atoms with van der Waals surface area (Å²) in [5, 5.41) is 5.74. The van der Waals surface area contributed by atoms with E-state index in [9.17, 15) is 9.59 Å². The average Bonchev–Trinajstić information content (AvgIpc) is 3.18. The smallest absolute Gasteiger partial charge is 0.349 e. The predicted octanol–water partition coefficient (Wildman–Crippen LogP) is 5.13. The molecule has 0 saturated carbocycles. The summed E-state index contributed by atoms with van der Waals surface area (Å²) in [6.07, 6.45) is 0. The minimum Gasteiger partial charge on any atom is -0.494 e. The van der Waals surface area contributed by atoms with E-state index in [1.165, 1.54) is 11.3 Å². The molecule has 0 saturated heterocycles. The maximum atomic E-state index is 12.9. The molecule has 0 bridgehead atoms. The number of fused-ring (bicyclic) bond motifs is 4. The van der Waals surface area contributed by atoms with Crippen LogP contribution in [0.3, 0.4) is 0 Å². The van der Waals surface area contributed by atoms with E-state index in [2.05, 4.69) is 10.3 Å². The van der Waals surface area contributed by atoms with Crippen LogP contribution in [0.4, 0.5) is 5.13 Å². The topological polar surface area (TPSA) is 81.4 Å². The van der Waals surface area contributed by atoms with Crippen molar-refractivity contribution in [3.8, 4) is 5.75 Å². The molecule has 7 heteroatoms. The Bertz CT molecular complexity index is 1520. The van der Waals surface area contributed by atoms with Crippen LogP contribution in [-0.4, -0.2) is 18.0 Å². The Morgan fingerprint density at radius 2 is 1.93 bits per heavy atom. The normalized spacial score (nSPS) is 11.3. The van der Waals surface area contributed by atoms with Gasteiger partial charge in [-0.2, -0.15) is 0 Å². The third kappa shape index (κ3) is 2.91. The minimum absolute atomic E-state index is 0.0678. The first-order valence-electron chi connectivity index (χ1n) is 9.26. The summed E-state index contributed by atoms with van der Waals surface area (Å²) >= 11 is 1.33. The molecule has 0 aliphatic carbocycles. The van der Waals surface area contributed by atoms with Gasteiger partial charge in [-0.3, -0.25) is 10.1 Å². The molecule has 3 aromatic carbocycles. The van der Waals surface area contributed by atoms with Gasteiger partial charge < -0.3 is 9.15 Å². The highest BCUT2D eigenvalue weighted by Gasteiger charge is 2.18. The predicted molar refractivity (Wildman–Crippen MR) is 119 cm³/mol. The zero-order chi connectivity index (χ0) is 20.8. The van der Waals surface area contributed by atoms with Gasteiger partial charge in [-0.15, -0.1) is 0 Å². The molecular weight excluding hydrogens is 400 g/mol. The van der Waals surface area contributed by atoms with Gasteiger partial charge in [-0.05, 0) is 41.5 Å². The first-order chi connectivity index (χ1) is 14.5. The van der Waals surface area contributed by atoms with Crippen LogP contribution in [-0.2, 0) is 0 Å². The van der Waals surface area contributed by atoms with Crippen LogP contribution < -0.4 is 15.7 Å². The second-order valence-electron chi connectivity index (χ2n) is 6.88. The Balaban J connectivity index is 1.59. The lowest BCUT2D eigenvalue weighted by atomic mass is 10.0. The summed E-state index contributed by atoms with van der Waals surface area (Å²) in [5.74, 6) is 0.0679. The lowest BCUT2D eigenvalue weighted by Gasteiger charge is -2.05. The maximum Gasteiger partial charge on any atom is 0.349 e. The third-order valence-electron chi connectivity index (χ3n) is 5.03. The summed E-state index contributed by atoms with van der Waals surface area (Å²) in [6, 6.07) is 16.7. The number of aromatic nitrogens is 1. The van der Waals surface area contributed by atoms with Crippen LogP contribution in [0.2, 0.25) is 0 Å². The molecular formula is C23H16N2O4S. The lowest BCUT2D eigenvalue weighted by molar-refractivity contribution is 0.102. The molecule has 0 spiro atoms. The number of hydrogen-bond acceptors (Lipinski definition) is 6. The van der Waals surface area contributed by atoms with Crippen molar-refractivity contribution in [3.63, 3.8) is 0 Å². The number of thiazole rings is 1. The number of rotatable bonds is 3. The monoisotopic (exact) mass is 416 g/mol. The average molecular weight is 416 g/mol. The molecule has 2 heterocycles. The second-order valence-corrected chi connectivity index (χ2v) is 7.88. The van der Waals surface area contributed by atoms with Crippen molar-refractivity contribution in [2.45, 2.75) is 6.92 Å². The Morgan fingerprint density at radius 3 is 2.77 bits per heavy atom. The van der Waals surface area contributed by atoms with Crippen molar-refractivity contribution in [2.75, 3.05) is 12.4 Å². The second kappa shape index (κ2) is 6.96. The van der Waals surface area contributed by atoms with E-state index in [1.54, 1.807) is 19.2 Å². The molecule has 0 atom stereocenters. The van der Waals surface area contributed by atoms with E-state index in [1.807, 2.05) is 49.4 Å². The highest BCUT2D eigenvalue weighted by Crippen LogP contribution is 2.35. The van der Waals surface area contributed by atoms with Crippen LogP contribution >= 0.6 is 11.3 Å². The van der Waals surface area contributed by atoms with E-state index in [0.29, 0.717) is 27.4 Å². The van der Waals surface area contributed by atoms with Crippen molar-refractivity contribution < 1.29 is 13.9 Å². The zero-order valence-corrected chi connectivity index (χ0v) is 17.0. The number of carbonyl (C=O) groups is 1. The van der Waals surface area contributed by atoms with Gasteiger partial charge >= 0.3 is 5.63 Å². The Labute approximate surface area is 174 Å². The molecule has 30 heavy (non-hydrogen) atoms. The Hall–Kier alpha value is -3.71. The van der Waals surface area contributed by atoms with Crippen molar-refractivity contribution in [3.05, 3.63) is 76.1 Å². The van der Waals surface area contributed by atoms with Crippen molar-refractivity contribution in [1.29, 1.82) is 0 Å². The van der Waals surface area contributed by atoms with Gasteiger partial charge in [-0.25, -0.2) is 9.78 Å². The summed E-state index contributed by atoms with van der Waals surface area (Å²) in [7, 11) is 1.58. The highest BCUT2D eigenvalue weighted by atomic mass is 32.1. The fourth-order valence-electron chi connectivity index (χ4n) is 3.52. The maximum absolute atomic E-state index is 12.9. The van der Waals surface area contributed by atoms with E-state index in [-0.39, 0.29) is 5.56 Å². The van der Waals surface area contributed by atoms with Gasteiger partial charge in [0.1, 0.15) is 22.4 Å². The molecule has 148 valence electrons. The first-order valence-corrected chi connectivity index (χ1v) is 10.1. The number of benzene rings is 3. The van der Waals surface area contributed by atoms with Crippen molar-refractivity contribution in [2.24, 2.45) is 0 Å². The molecule has 0 aliphatic rings. The van der Waals surface area contributed by atoms with Gasteiger partial charge in [0.25, 0.3) is 5.91 Å². The zero-order valence-electron chi connectivity index (χ0n) is 16.2. The van der Waals surface area contributed by atoms with Crippen LogP contribution in [0.1, 0.15) is 15.9 Å². The van der Waals surface area contributed by atoms with Gasteiger partial charge in [0.2, 0.25) is 0 Å². The summed E-state index contributed by atoms with van der Waals surface area (Å²) in [4.78, 5) is 29.8. The van der Waals surface area contributed by atoms with Gasteiger partial charge in [0, 0.05) is 5.39 Å². The van der Waals surface area contributed by atoms with E-state index in [0.717, 1.165) is 21.0 Å². The molecule has 1 amide bonds. The van der Waals surface area contributed by atoms with E-state index >= 15 is 0 Å². The minimum atomic E-state index is -0.690. The quantitative estimate of drug-likeness (QED) is 0.326. The van der Waals surface area contributed by atoms with Crippen molar-refractivity contribution in [1.82, 2.24) is 4.98 Å². The van der Waals surface area contributed by atoms with Crippen molar-refractivity contribution >= 4 is 54.3 Å². The van der Waals surface area contributed by atoms with E-state index in [4.69, 9.17) is 9.15 Å². The molecule has 6 nitrogen and oxygen atoms in total. The third-order valence-corrected chi connectivity index (χ3v) is 6.14. The summed E-state index contributed by atoms with van der Waals surface area (Å²) < 4.78 is 11.7. The molecule has 0 radical (unpaired) electrons. The summed E-state index contributed by atoms with van der Waals surface area (Å²) in [5.41, 5.74) is 1.39. The molecule has 0 fully saturated rings.